The van der Waals surface area contributed by atoms with Crippen LogP contribution in [0.5, 0.6) is 0 Å². The number of rotatable bonds is 8. The molecule has 2 saturated carbocycles. The molecule has 0 aromatic carbocycles. The molecule has 6 N–H and O–H groups in total. The van der Waals surface area contributed by atoms with Gasteiger partial charge in [-0.25, -0.2) is 9.59 Å². The third kappa shape index (κ3) is 5.36. The van der Waals surface area contributed by atoms with Gasteiger partial charge in [0, 0.05) is 31.1 Å². The third-order valence-electron chi connectivity index (χ3n) is 10.8. The number of hydrogen-bond donors (Lipinski definition) is 6. The topological polar surface area (TPSA) is 218 Å². The lowest BCUT2D eigenvalue weighted by Gasteiger charge is -2.66. The van der Waals surface area contributed by atoms with Gasteiger partial charge in [-0.2, -0.15) is 0 Å². The Bertz CT molecular complexity index is 1310. The van der Waals surface area contributed by atoms with E-state index in [1.807, 2.05) is 0 Å². The van der Waals surface area contributed by atoms with Gasteiger partial charge in [-0.05, 0) is 30.9 Å². The average Bonchev–Trinajstić information content (AvgIpc) is 2.96. The van der Waals surface area contributed by atoms with Crippen LogP contribution in [0.4, 0.5) is 4.79 Å². The van der Waals surface area contributed by atoms with Gasteiger partial charge >= 0.3 is 18.0 Å². The van der Waals surface area contributed by atoms with Crippen LogP contribution >= 0.6 is 0 Å². The molecule has 11 atom stereocenters. The van der Waals surface area contributed by atoms with E-state index in [1.165, 1.54) is 19.9 Å². The van der Waals surface area contributed by atoms with Crippen LogP contribution in [-0.4, -0.2) is 116 Å². The molecule has 1 aliphatic heterocycles. The minimum Gasteiger partial charge on any atom is -0.459 e. The number of alkyl carbamates (subject to hydrolysis) is 1. The summed E-state index contributed by atoms with van der Waals surface area (Å²) in [6, 6.07) is -1.15. The van der Waals surface area contributed by atoms with E-state index in [0.717, 1.165) is 6.92 Å². The fourth-order valence-electron chi connectivity index (χ4n) is 8.08. The first-order chi connectivity index (χ1) is 21.2. The van der Waals surface area contributed by atoms with E-state index in [1.54, 1.807) is 27.7 Å². The molecular formula is C32H47NO13. The van der Waals surface area contributed by atoms with E-state index in [4.69, 9.17) is 18.9 Å². The molecule has 1 amide bonds. The Balaban J connectivity index is 1.82. The molecular weight excluding hydrogens is 606 g/mol. The van der Waals surface area contributed by atoms with Crippen molar-refractivity contribution in [3.63, 3.8) is 0 Å². The van der Waals surface area contributed by atoms with Crippen molar-refractivity contribution in [3.05, 3.63) is 23.8 Å². The average molecular weight is 654 g/mol. The zero-order chi connectivity index (χ0) is 34.7. The Morgan fingerprint density at radius 1 is 1.15 bits per heavy atom. The Kier molecular flexibility index (Phi) is 9.61. The smallest absolute Gasteiger partial charge is 0.407 e. The summed E-state index contributed by atoms with van der Waals surface area (Å²) in [6.45, 7) is 13.4. The number of ether oxygens (including phenoxy) is 4. The first-order valence-electron chi connectivity index (χ1n) is 15.5. The van der Waals surface area contributed by atoms with Gasteiger partial charge in [0.1, 0.15) is 36.1 Å². The first-order valence-corrected chi connectivity index (χ1v) is 15.5. The molecule has 0 aromatic heterocycles. The maximum absolute atomic E-state index is 14.3. The summed E-state index contributed by atoms with van der Waals surface area (Å²) < 4.78 is 22.0. The molecule has 0 spiro atoms. The number of esters is 2. The molecule has 258 valence electrons. The Labute approximate surface area is 267 Å². The van der Waals surface area contributed by atoms with E-state index in [-0.39, 0.29) is 30.8 Å². The Morgan fingerprint density at radius 3 is 2.30 bits per heavy atom. The molecule has 14 heteroatoms. The van der Waals surface area contributed by atoms with E-state index < -0.39 is 107 Å². The van der Waals surface area contributed by atoms with Crippen molar-refractivity contribution in [1.29, 1.82) is 0 Å². The standard InChI is InChI=1S/C32H47NO13/c1-9-10-43-28(40)33-21(14(2)3)23(37)27(39)46-17-12-32(42)26(45-16(5)34)24-30(8,18(35)11-19-31(24,41)13-44-19)25(38)22(36)20(15(17)4)29(32,6)7/h9,14,17-19,21-24,26,35-37,41-42H,1,10-13H2,2-8H3,(H,33,40)/t17-,18-,19+,21-,22+,23+,24-,26-,30+,31-,32+/m0/s1. The lowest BCUT2D eigenvalue weighted by atomic mass is 9.45. The number of amides is 1. The predicted molar refractivity (Wildman–Crippen MR) is 159 cm³/mol. The number of nitrogens with one attached hydrogen (secondary N) is 1. The van der Waals surface area contributed by atoms with Crippen molar-refractivity contribution < 1.29 is 63.7 Å². The Morgan fingerprint density at radius 2 is 1.78 bits per heavy atom. The molecule has 3 fully saturated rings. The highest BCUT2D eigenvalue weighted by Gasteiger charge is 2.76. The van der Waals surface area contributed by atoms with Crippen LogP contribution in [0, 0.1) is 22.7 Å². The largest absolute Gasteiger partial charge is 0.459 e. The fraction of sp³-hybridized carbons (Fsp3) is 0.750. The summed E-state index contributed by atoms with van der Waals surface area (Å²) in [5.74, 6) is -4.83. The maximum atomic E-state index is 14.3. The van der Waals surface area contributed by atoms with E-state index >= 15 is 0 Å². The van der Waals surface area contributed by atoms with Crippen molar-refractivity contribution >= 4 is 23.8 Å². The van der Waals surface area contributed by atoms with Gasteiger partial charge in [0.25, 0.3) is 0 Å². The zero-order valence-electron chi connectivity index (χ0n) is 27.3. The van der Waals surface area contributed by atoms with Crippen molar-refractivity contribution in [1.82, 2.24) is 5.32 Å². The van der Waals surface area contributed by atoms with Gasteiger partial charge in [0.05, 0.1) is 30.3 Å². The zero-order valence-corrected chi connectivity index (χ0v) is 27.3. The van der Waals surface area contributed by atoms with Gasteiger partial charge in [0.15, 0.2) is 11.9 Å². The van der Waals surface area contributed by atoms with Crippen LogP contribution < -0.4 is 5.32 Å². The minimum absolute atomic E-state index is 0.0203. The molecule has 0 aromatic rings. The number of carbonyl (C=O) groups excluding carboxylic acids is 4. The van der Waals surface area contributed by atoms with Crippen LogP contribution in [-0.2, 0) is 33.3 Å². The molecule has 1 saturated heterocycles. The molecule has 3 aliphatic carbocycles. The van der Waals surface area contributed by atoms with E-state index in [0.29, 0.717) is 0 Å². The molecule has 14 nitrogen and oxygen atoms in total. The number of hydrogen-bond acceptors (Lipinski definition) is 13. The van der Waals surface area contributed by atoms with Crippen molar-refractivity contribution in [2.24, 2.45) is 22.7 Å². The van der Waals surface area contributed by atoms with Gasteiger partial charge in [-0.1, -0.05) is 40.3 Å². The molecule has 4 aliphatic rings. The highest BCUT2D eigenvalue weighted by atomic mass is 16.6. The molecule has 0 radical (unpaired) electrons. The first kappa shape index (κ1) is 36.0. The second-order valence-electron chi connectivity index (χ2n) is 14.1. The molecule has 4 rings (SSSR count). The van der Waals surface area contributed by atoms with Crippen LogP contribution in [0.1, 0.15) is 61.3 Å². The van der Waals surface area contributed by atoms with Gasteiger partial charge in [0.2, 0.25) is 0 Å². The number of carbonyl (C=O) groups is 4. The number of aliphatic hydroxyl groups is 5. The number of Topliss-reactive ketones (excluding diaryl/α,β-unsaturated/α-hetero) is 1. The van der Waals surface area contributed by atoms with E-state index in [9.17, 15) is 44.7 Å². The van der Waals surface area contributed by atoms with Gasteiger partial charge < -0.3 is 49.8 Å². The van der Waals surface area contributed by atoms with Crippen LogP contribution in [0.2, 0.25) is 0 Å². The number of aliphatic hydroxyl groups excluding tert-OH is 3. The summed E-state index contributed by atoms with van der Waals surface area (Å²) in [6.07, 6.45) is -9.39. The van der Waals surface area contributed by atoms with Crippen molar-refractivity contribution in [2.75, 3.05) is 13.2 Å². The Hall–Kier alpha value is -2.88. The normalized spacial score (nSPS) is 39.4. The summed E-state index contributed by atoms with van der Waals surface area (Å²) in [5.41, 5.74) is -7.29. The van der Waals surface area contributed by atoms with Gasteiger partial charge in [-0.3, -0.25) is 9.59 Å². The summed E-state index contributed by atoms with van der Waals surface area (Å²) in [5, 5.41) is 61.2. The number of ketones is 1. The highest BCUT2D eigenvalue weighted by Crippen LogP contribution is 2.63. The summed E-state index contributed by atoms with van der Waals surface area (Å²) in [7, 11) is 0. The lowest BCUT2D eigenvalue weighted by Crippen LogP contribution is -2.81. The molecule has 0 unspecified atom stereocenters. The second-order valence-corrected chi connectivity index (χ2v) is 14.1. The quantitative estimate of drug-likeness (QED) is 0.116. The molecule has 1 heterocycles. The van der Waals surface area contributed by atoms with Gasteiger partial charge in [-0.15, -0.1) is 0 Å². The molecule has 2 bridgehead atoms. The third-order valence-corrected chi connectivity index (χ3v) is 10.8. The lowest BCUT2D eigenvalue weighted by molar-refractivity contribution is -0.345. The molecule has 46 heavy (non-hydrogen) atoms. The van der Waals surface area contributed by atoms with Crippen LogP contribution in [0.15, 0.2) is 23.8 Å². The predicted octanol–water partition coefficient (Wildman–Crippen LogP) is 0.0657. The highest BCUT2D eigenvalue weighted by molar-refractivity contribution is 5.93. The van der Waals surface area contributed by atoms with Crippen LogP contribution in [0.3, 0.4) is 0 Å². The second kappa shape index (κ2) is 12.3. The van der Waals surface area contributed by atoms with Crippen LogP contribution in [0.25, 0.3) is 0 Å². The maximum Gasteiger partial charge on any atom is 0.407 e. The SMILES string of the molecule is C=CCOC(=O)N[C@@H](C(C)C)[C@@H](O)C(=O)O[C@H]1C[C@@]2(O)[C@@H](OC(C)=O)[C@@H]3[C@]4(O)CO[C@@H]4C[C@H](O)[C@@]3(C)C(=O)[C@H](O)C(=C1C)C2(C)C. The monoisotopic (exact) mass is 653 g/mol. The summed E-state index contributed by atoms with van der Waals surface area (Å²) in [4.78, 5) is 52.6. The van der Waals surface area contributed by atoms with E-state index in [2.05, 4.69) is 11.9 Å². The van der Waals surface area contributed by atoms with Crippen molar-refractivity contribution in [3.8, 4) is 0 Å². The number of fused-ring (bicyclic) bond motifs is 5. The fourth-order valence-corrected chi connectivity index (χ4v) is 8.08. The van der Waals surface area contributed by atoms with Crippen molar-refractivity contribution in [2.45, 2.75) is 115 Å². The summed E-state index contributed by atoms with van der Waals surface area (Å²) >= 11 is 0. The minimum atomic E-state index is -2.21.